The molecule has 0 aliphatic rings. The molecule has 0 radical (unpaired) electrons. The lowest BCUT2D eigenvalue weighted by atomic mass is 10.7. The van der Waals surface area contributed by atoms with Gasteiger partial charge in [-0.2, -0.15) is 27.3 Å². The molecule has 0 unspecified atom stereocenters. The lowest BCUT2D eigenvalue weighted by Crippen LogP contribution is -2.10. The van der Waals surface area contributed by atoms with Crippen molar-refractivity contribution < 1.29 is 22.3 Å². The Labute approximate surface area is 83.8 Å². The fourth-order valence-electron chi connectivity index (χ4n) is 0.664. The lowest BCUT2D eigenvalue weighted by Gasteiger charge is -2.07. The average Bonchev–Trinajstić information content (AvgIpc) is 2.32. The number of aromatic nitrogens is 2. The summed E-state index contributed by atoms with van der Waals surface area (Å²) in [6.07, 6.45) is 1.02. The molecule has 0 aliphatic carbocycles. The molecule has 0 N–H and O–H groups in total. The molecule has 3 nitrogen and oxygen atoms in total. The molecule has 74 valence electrons. The topological polar surface area (TPSA) is 27.1 Å². The summed E-state index contributed by atoms with van der Waals surface area (Å²) in [5.74, 6) is -0.620. The van der Waals surface area contributed by atoms with Crippen molar-refractivity contribution in [1.29, 1.82) is 0 Å². The zero-order valence-electron chi connectivity index (χ0n) is 5.92. The van der Waals surface area contributed by atoms with Crippen LogP contribution < -0.4 is 4.74 Å². The molecule has 1 aromatic rings. The van der Waals surface area contributed by atoms with Gasteiger partial charge in [0.05, 0.1) is 9.77 Å². The Hall–Kier alpha value is -0.540. The van der Waals surface area contributed by atoms with Crippen LogP contribution >= 0.6 is 22.6 Å². The first kappa shape index (κ1) is 10.5. The van der Waals surface area contributed by atoms with Crippen molar-refractivity contribution in [2.24, 2.45) is 0 Å². The van der Waals surface area contributed by atoms with Crippen LogP contribution in [-0.4, -0.2) is 16.4 Å². The number of ether oxygens (including phenoxy) is 1. The van der Waals surface area contributed by atoms with Gasteiger partial charge in [0.15, 0.2) is 0 Å². The molecule has 0 atom stereocenters. The van der Waals surface area contributed by atoms with Crippen LogP contribution in [0.3, 0.4) is 0 Å². The summed E-state index contributed by atoms with van der Waals surface area (Å²) < 4.78 is 51.6. The van der Waals surface area contributed by atoms with Crippen molar-refractivity contribution in [1.82, 2.24) is 9.78 Å². The maximum Gasteiger partial charge on any atom is 0.388 e. The highest BCUT2D eigenvalue weighted by atomic mass is 127. The van der Waals surface area contributed by atoms with Gasteiger partial charge in [0.2, 0.25) is 5.88 Å². The van der Waals surface area contributed by atoms with Crippen molar-refractivity contribution in [2.45, 2.75) is 13.2 Å². The summed E-state index contributed by atoms with van der Waals surface area (Å²) in [4.78, 5) is 0. The van der Waals surface area contributed by atoms with E-state index < -0.39 is 19.0 Å². The molecular formula is C5H3F4IN2O. The SMILES string of the molecule is FC(F)Oc1c(I)cnn1C(F)F. The normalized spacial score (nSPS) is 11.3. The third-order valence-electron chi connectivity index (χ3n) is 1.09. The van der Waals surface area contributed by atoms with Gasteiger partial charge in [0.25, 0.3) is 0 Å². The number of alkyl halides is 4. The van der Waals surface area contributed by atoms with E-state index in [4.69, 9.17) is 0 Å². The Kier molecular flexibility index (Phi) is 3.33. The van der Waals surface area contributed by atoms with E-state index in [1.54, 1.807) is 22.6 Å². The second-order valence-electron chi connectivity index (χ2n) is 1.90. The van der Waals surface area contributed by atoms with Crippen LogP contribution in [0.5, 0.6) is 5.88 Å². The van der Waals surface area contributed by atoms with Crippen molar-refractivity contribution in [2.75, 3.05) is 0 Å². The van der Waals surface area contributed by atoms with Crippen molar-refractivity contribution in [3.63, 3.8) is 0 Å². The lowest BCUT2D eigenvalue weighted by molar-refractivity contribution is -0.0651. The molecule has 0 saturated carbocycles. The van der Waals surface area contributed by atoms with Gasteiger partial charge < -0.3 is 4.74 Å². The van der Waals surface area contributed by atoms with Crippen molar-refractivity contribution >= 4 is 22.6 Å². The maximum absolute atomic E-state index is 12.1. The molecule has 0 amide bonds. The highest BCUT2D eigenvalue weighted by Gasteiger charge is 2.19. The summed E-state index contributed by atoms with van der Waals surface area (Å²) in [6.45, 7) is -6.13. The van der Waals surface area contributed by atoms with E-state index in [1.807, 2.05) is 0 Å². The summed E-state index contributed by atoms with van der Waals surface area (Å²) >= 11 is 1.57. The summed E-state index contributed by atoms with van der Waals surface area (Å²) in [7, 11) is 0. The quantitative estimate of drug-likeness (QED) is 0.633. The molecule has 0 aliphatic heterocycles. The zero-order valence-corrected chi connectivity index (χ0v) is 8.08. The monoisotopic (exact) mass is 310 g/mol. The molecule has 0 bridgehead atoms. The molecular weight excluding hydrogens is 307 g/mol. The Morgan fingerprint density at radius 1 is 1.38 bits per heavy atom. The van der Waals surface area contributed by atoms with E-state index in [1.165, 1.54) is 0 Å². The van der Waals surface area contributed by atoms with Crippen LogP contribution in [0.1, 0.15) is 6.55 Å². The third-order valence-corrected chi connectivity index (χ3v) is 1.83. The molecule has 1 heterocycles. The predicted octanol–water partition coefficient (Wildman–Crippen LogP) is 2.48. The Balaban J connectivity index is 2.94. The van der Waals surface area contributed by atoms with E-state index >= 15 is 0 Å². The minimum absolute atomic E-state index is 0.0912. The molecule has 1 aromatic heterocycles. The van der Waals surface area contributed by atoms with Gasteiger partial charge in [-0.1, -0.05) is 0 Å². The fraction of sp³-hybridized carbons (Fsp3) is 0.400. The standard InChI is InChI=1S/C5H3F4IN2O/c6-4(7)12-3(13-5(8)9)2(10)1-11-12/h1,4-5H. The van der Waals surface area contributed by atoms with Gasteiger partial charge in [0, 0.05) is 0 Å². The zero-order chi connectivity index (χ0) is 10.0. The summed E-state index contributed by atoms with van der Waals surface area (Å²) in [6, 6.07) is 0. The minimum atomic E-state index is -3.14. The average molecular weight is 310 g/mol. The van der Waals surface area contributed by atoms with E-state index in [9.17, 15) is 17.6 Å². The molecule has 13 heavy (non-hydrogen) atoms. The molecule has 8 heteroatoms. The molecule has 0 fully saturated rings. The van der Waals surface area contributed by atoms with Gasteiger partial charge in [-0.15, -0.1) is 0 Å². The van der Waals surface area contributed by atoms with Gasteiger partial charge in [-0.05, 0) is 22.6 Å². The van der Waals surface area contributed by atoms with Crippen LogP contribution in [-0.2, 0) is 0 Å². The molecule has 0 aromatic carbocycles. The second kappa shape index (κ2) is 4.11. The first-order valence-electron chi connectivity index (χ1n) is 2.98. The van der Waals surface area contributed by atoms with Crippen LogP contribution in [0.4, 0.5) is 17.6 Å². The van der Waals surface area contributed by atoms with Crippen LogP contribution in [0.25, 0.3) is 0 Å². The van der Waals surface area contributed by atoms with Gasteiger partial charge in [0.1, 0.15) is 0 Å². The number of rotatable bonds is 3. The van der Waals surface area contributed by atoms with Crippen LogP contribution in [0.15, 0.2) is 6.20 Å². The van der Waals surface area contributed by atoms with Crippen molar-refractivity contribution in [3.05, 3.63) is 9.77 Å². The highest BCUT2D eigenvalue weighted by molar-refractivity contribution is 14.1. The molecule has 0 spiro atoms. The largest absolute Gasteiger partial charge is 0.416 e. The number of hydrogen-bond donors (Lipinski definition) is 0. The van der Waals surface area contributed by atoms with Gasteiger partial charge in [-0.25, -0.2) is 0 Å². The van der Waals surface area contributed by atoms with Crippen LogP contribution in [0, 0.1) is 3.57 Å². The van der Waals surface area contributed by atoms with Gasteiger partial charge in [-0.3, -0.25) is 0 Å². The Morgan fingerprint density at radius 2 is 2.00 bits per heavy atom. The first-order chi connectivity index (χ1) is 6.02. The summed E-state index contributed by atoms with van der Waals surface area (Å²) in [5, 5.41) is 3.17. The first-order valence-corrected chi connectivity index (χ1v) is 4.06. The second-order valence-corrected chi connectivity index (χ2v) is 3.06. The smallest absolute Gasteiger partial charge is 0.388 e. The summed E-state index contributed by atoms with van der Waals surface area (Å²) in [5.41, 5.74) is 0. The highest BCUT2D eigenvalue weighted by Crippen LogP contribution is 2.26. The molecule has 0 saturated heterocycles. The number of halogens is 5. The van der Waals surface area contributed by atoms with E-state index in [-0.39, 0.29) is 8.25 Å². The van der Waals surface area contributed by atoms with Gasteiger partial charge >= 0.3 is 13.2 Å². The van der Waals surface area contributed by atoms with E-state index in [2.05, 4.69) is 9.84 Å². The fourth-order valence-corrected chi connectivity index (χ4v) is 1.16. The Bertz CT molecular complexity index is 290. The third kappa shape index (κ3) is 2.45. The van der Waals surface area contributed by atoms with Crippen molar-refractivity contribution in [3.8, 4) is 5.88 Å². The van der Waals surface area contributed by atoms with Crippen LogP contribution in [0.2, 0.25) is 0 Å². The maximum atomic E-state index is 12.1. The minimum Gasteiger partial charge on any atom is -0.416 e. The molecule has 1 rings (SSSR count). The van der Waals surface area contributed by atoms with E-state index in [0.717, 1.165) is 6.20 Å². The number of hydrogen-bond acceptors (Lipinski definition) is 2. The predicted molar refractivity (Wildman–Crippen MR) is 42.8 cm³/mol. The number of nitrogens with zero attached hydrogens (tertiary/aromatic N) is 2. The Morgan fingerprint density at radius 3 is 2.46 bits per heavy atom. The van der Waals surface area contributed by atoms with E-state index in [0.29, 0.717) is 0 Å².